The second kappa shape index (κ2) is 4.38. The summed E-state index contributed by atoms with van der Waals surface area (Å²) in [6.07, 6.45) is 0.941. The number of benzene rings is 1. The number of Topliss-reactive ketones (excluding diaryl/α,β-unsaturated/α-hetero) is 1. The Morgan fingerprint density at radius 2 is 2.21 bits per heavy atom. The molecule has 1 aliphatic heterocycles. The summed E-state index contributed by atoms with van der Waals surface area (Å²) >= 11 is 0. The standard InChI is InChI=1S/C15H16O4/c1-8-6-11(16)9-7-10-12(18-2)4-3-5-13(10)19-15(9)14(8)17/h3-5,7-8,14-15,17H,6H2,1-2H3/t8-,14-,15+/m1/s1. The van der Waals surface area contributed by atoms with Crippen molar-refractivity contribution < 1.29 is 19.4 Å². The fourth-order valence-corrected chi connectivity index (χ4v) is 2.71. The molecule has 4 nitrogen and oxygen atoms in total. The van der Waals surface area contributed by atoms with Gasteiger partial charge in [0.1, 0.15) is 11.5 Å². The second-order valence-corrected chi connectivity index (χ2v) is 5.11. The van der Waals surface area contributed by atoms with Crippen molar-refractivity contribution in [1.82, 2.24) is 0 Å². The Morgan fingerprint density at radius 3 is 2.95 bits per heavy atom. The normalized spacial score (nSPS) is 28.9. The van der Waals surface area contributed by atoms with Gasteiger partial charge < -0.3 is 14.6 Å². The molecule has 1 N–H and O–H groups in total. The molecule has 1 fully saturated rings. The zero-order valence-corrected chi connectivity index (χ0v) is 10.9. The number of carbonyl (C=O) groups is 1. The van der Waals surface area contributed by atoms with Crippen LogP contribution in [0.5, 0.6) is 11.5 Å². The van der Waals surface area contributed by atoms with E-state index in [1.807, 2.05) is 25.1 Å². The summed E-state index contributed by atoms with van der Waals surface area (Å²) < 4.78 is 11.1. The molecule has 0 aromatic heterocycles. The number of fused-ring (bicyclic) bond motifs is 2. The minimum absolute atomic E-state index is 0.0411. The summed E-state index contributed by atoms with van der Waals surface area (Å²) in [7, 11) is 1.58. The van der Waals surface area contributed by atoms with Crippen molar-refractivity contribution in [2.45, 2.75) is 25.6 Å². The van der Waals surface area contributed by atoms with E-state index in [0.717, 1.165) is 5.56 Å². The van der Waals surface area contributed by atoms with Gasteiger partial charge in [0.2, 0.25) is 0 Å². The number of hydrogen-bond donors (Lipinski definition) is 1. The lowest BCUT2D eigenvalue weighted by atomic mass is 9.79. The van der Waals surface area contributed by atoms with Crippen LogP contribution in [-0.4, -0.2) is 30.2 Å². The van der Waals surface area contributed by atoms with E-state index in [4.69, 9.17) is 9.47 Å². The Balaban J connectivity index is 2.10. The van der Waals surface area contributed by atoms with E-state index < -0.39 is 12.2 Å². The summed E-state index contributed by atoms with van der Waals surface area (Å²) in [5.74, 6) is 1.28. The fraction of sp³-hybridized carbons (Fsp3) is 0.400. The number of hydrogen-bond acceptors (Lipinski definition) is 4. The van der Waals surface area contributed by atoms with Gasteiger partial charge in [-0.05, 0) is 24.1 Å². The number of ether oxygens (including phenoxy) is 2. The molecule has 0 bridgehead atoms. The van der Waals surface area contributed by atoms with E-state index >= 15 is 0 Å². The van der Waals surface area contributed by atoms with Crippen molar-refractivity contribution in [2.75, 3.05) is 7.11 Å². The zero-order chi connectivity index (χ0) is 13.6. The van der Waals surface area contributed by atoms with Crippen molar-refractivity contribution in [2.24, 2.45) is 5.92 Å². The van der Waals surface area contributed by atoms with Gasteiger partial charge in [-0.2, -0.15) is 0 Å². The predicted octanol–water partition coefficient (Wildman–Crippen LogP) is 1.81. The molecule has 19 heavy (non-hydrogen) atoms. The van der Waals surface area contributed by atoms with Crippen LogP contribution in [-0.2, 0) is 4.79 Å². The molecule has 0 spiro atoms. The molecule has 0 unspecified atom stereocenters. The Hall–Kier alpha value is -1.81. The van der Waals surface area contributed by atoms with Crippen molar-refractivity contribution in [3.05, 3.63) is 29.3 Å². The van der Waals surface area contributed by atoms with Crippen molar-refractivity contribution in [3.63, 3.8) is 0 Å². The van der Waals surface area contributed by atoms with Crippen LogP contribution in [0.1, 0.15) is 18.9 Å². The summed E-state index contributed by atoms with van der Waals surface area (Å²) in [4.78, 5) is 12.1. The average Bonchev–Trinajstić information content (AvgIpc) is 2.42. The van der Waals surface area contributed by atoms with E-state index in [1.54, 1.807) is 13.2 Å². The molecule has 3 atom stereocenters. The molecule has 1 heterocycles. The Morgan fingerprint density at radius 1 is 1.42 bits per heavy atom. The topological polar surface area (TPSA) is 55.8 Å². The monoisotopic (exact) mass is 260 g/mol. The van der Waals surface area contributed by atoms with Gasteiger partial charge in [-0.1, -0.05) is 13.0 Å². The van der Waals surface area contributed by atoms with E-state index in [9.17, 15) is 9.90 Å². The lowest BCUT2D eigenvalue weighted by Gasteiger charge is -2.37. The Bertz CT molecular complexity index is 561. The lowest BCUT2D eigenvalue weighted by Crippen LogP contribution is -2.46. The number of methoxy groups -OCH3 is 1. The van der Waals surface area contributed by atoms with Crippen LogP contribution in [0.3, 0.4) is 0 Å². The van der Waals surface area contributed by atoms with E-state index in [-0.39, 0.29) is 11.7 Å². The van der Waals surface area contributed by atoms with Crippen LogP contribution in [0.15, 0.2) is 23.8 Å². The van der Waals surface area contributed by atoms with Gasteiger partial charge in [0, 0.05) is 12.0 Å². The maximum Gasteiger partial charge on any atom is 0.163 e. The largest absolute Gasteiger partial charge is 0.496 e. The molecule has 0 amide bonds. The highest BCUT2D eigenvalue weighted by Gasteiger charge is 2.41. The quantitative estimate of drug-likeness (QED) is 0.836. The third-order valence-electron chi connectivity index (χ3n) is 3.83. The molecule has 4 heteroatoms. The maximum absolute atomic E-state index is 12.1. The van der Waals surface area contributed by atoms with Gasteiger partial charge in [-0.15, -0.1) is 0 Å². The first-order valence-corrected chi connectivity index (χ1v) is 6.38. The summed E-state index contributed by atoms with van der Waals surface area (Å²) in [5.41, 5.74) is 1.31. The van der Waals surface area contributed by atoms with Crippen LogP contribution in [0.2, 0.25) is 0 Å². The van der Waals surface area contributed by atoms with Crippen LogP contribution in [0.25, 0.3) is 6.08 Å². The molecule has 0 saturated heterocycles. The van der Waals surface area contributed by atoms with Crippen molar-refractivity contribution >= 4 is 11.9 Å². The first kappa shape index (κ1) is 12.2. The molecule has 3 rings (SSSR count). The highest BCUT2D eigenvalue weighted by atomic mass is 16.5. The Labute approximate surface area is 111 Å². The fourth-order valence-electron chi connectivity index (χ4n) is 2.71. The van der Waals surface area contributed by atoms with Gasteiger partial charge in [0.25, 0.3) is 0 Å². The van der Waals surface area contributed by atoms with Gasteiger partial charge in [0.15, 0.2) is 11.9 Å². The third kappa shape index (κ3) is 1.83. The predicted molar refractivity (Wildman–Crippen MR) is 70.2 cm³/mol. The number of aliphatic hydroxyl groups excluding tert-OH is 1. The van der Waals surface area contributed by atoms with E-state index in [2.05, 4.69) is 0 Å². The molecule has 1 aromatic carbocycles. The smallest absolute Gasteiger partial charge is 0.163 e. The number of aliphatic hydroxyl groups is 1. The summed E-state index contributed by atoms with van der Waals surface area (Å²) in [5, 5.41) is 10.2. The van der Waals surface area contributed by atoms with E-state index in [1.165, 1.54) is 0 Å². The van der Waals surface area contributed by atoms with Crippen LogP contribution >= 0.6 is 0 Å². The lowest BCUT2D eigenvalue weighted by molar-refractivity contribution is -0.122. The SMILES string of the molecule is COc1cccc2c1C=C1C(=O)C[C@@H](C)[C@@H](O)[C@H]1O2. The molecule has 0 radical (unpaired) electrons. The van der Waals surface area contributed by atoms with E-state index in [0.29, 0.717) is 23.5 Å². The van der Waals surface area contributed by atoms with Gasteiger partial charge >= 0.3 is 0 Å². The molecular formula is C15H16O4. The van der Waals surface area contributed by atoms with Crippen LogP contribution in [0.4, 0.5) is 0 Å². The Kier molecular flexibility index (Phi) is 2.82. The maximum atomic E-state index is 12.1. The number of carbonyl (C=O) groups excluding carboxylic acids is 1. The molecule has 1 aromatic rings. The average molecular weight is 260 g/mol. The summed E-state index contributed by atoms with van der Waals surface area (Å²) in [6.45, 7) is 1.86. The molecule has 1 saturated carbocycles. The van der Waals surface area contributed by atoms with Crippen LogP contribution < -0.4 is 9.47 Å². The van der Waals surface area contributed by atoms with Crippen molar-refractivity contribution in [3.8, 4) is 11.5 Å². The summed E-state index contributed by atoms with van der Waals surface area (Å²) in [6, 6.07) is 5.48. The minimum Gasteiger partial charge on any atom is -0.496 e. The highest BCUT2D eigenvalue weighted by Crippen LogP contribution is 2.40. The highest BCUT2D eigenvalue weighted by molar-refractivity contribution is 6.03. The van der Waals surface area contributed by atoms with Crippen LogP contribution in [0, 0.1) is 5.92 Å². The first-order valence-electron chi connectivity index (χ1n) is 6.38. The molecule has 100 valence electrons. The molecule has 2 aliphatic rings. The number of ketones is 1. The van der Waals surface area contributed by atoms with Gasteiger partial charge in [-0.3, -0.25) is 4.79 Å². The van der Waals surface area contributed by atoms with Gasteiger partial charge in [-0.25, -0.2) is 0 Å². The second-order valence-electron chi connectivity index (χ2n) is 5.11. The van der Waals surface area contributed by atoms with Crippen molar-refractivity contribution in [1.29, 1.82) is 0 Å². The molecule has 1 aliphatic carbocycles. The molecular weight excluding hydrogens is 244 g/mol. The number of rotatable bonds is 1. The zero-order valence-electron chi connectivity index (χ0n) is 10.9. The third-order valence-corrected chi connectivity index (χ3v) is 3.83. The minimum atomic E-state index is -0.650. The first-order chi connectivity index (χ1) is 9.11. The van der Waals surface area contributed by atoms with Gasteiger partial charge in [0.05, 0.1) is 18.8 Å².